The zero-order valence-corrected chi connectivity index (χ0v) is 9.66. The summed E-state index contributed by atoms with van der Waals surface area (Å²) in [6.07, 6.45) is 0. The molecule has 2 heteroatoms. The van der Waals surface area contributed by atoms with Crippen molar-refractivity contribution in [3.63, 3.8) is 0 Å². The summed E-state index contributed by atoms with van der Waals surface area (Å²) in [7, 11) is 0. The molecule has 0 aromatic heterocycles. The number of nitrogens with one attached hydrogen (secondary N) is 1. The van der Waals surface area contributed by atoms with E-state index < -0.39 is 0 Å². The number of aryl methyl sites for hydroxylation is 2. The first-order chi connectivity index (χ1) is 6.77. The lowest BCUT2D eigenvalue weighted by Gasteiger charge is -2.23. The highest BCUT2D eigenvalue weighted by Crippen LogP contribution is 2.30. The van der Waals surface area contributed by atoms with Crippen LogP contribution in [-0.2, 0) is 0 Å². The lowest BCUT2D eigenvalue weighted by Crippen LogP contribution is -2.28. The molecule has 1 fully saturated rings. The first kappa shape index (κ1) is 10.1. The number of hydrogen-bond acceptors (Lipinski definition) is 2. The van der Waals surface area contributed by atoms with E-state index in [1.807, 2.05) is 0 Å². The molecule has 1 heterocycles. The average Bonchev–Trinajstić information content (AvgIpc) is 2.23. The molecule has 1 atom stereocenters. The Balaban J connectivity index is 2.18. The number of hydrogen-bond donors (Lipinski definition) is 1. The van der Waals surface area contributed by atoms with Crippen LogP contribution in [0.4, 0.5) is 0 Å². The Labute approximate surface area is 90.3 Å². The Kier molecular flexibility index (Phi) is 3.14. The number of rotatable bonds is 1. The van der Waals surface area contributed by atoms with Gasteiger partial charge in [0, 0.05) is 24.1 Å². The number of thioether (sulfide) groups is 1. The second-order valence-corrected chi connectivity index (χ2v) is 5.22. The highest BCUT2D eigenvalue weighted by molar-refractivity contribution is 7.99. The smallest absolute Gasteiger partial charge is 0.0422 e. The third-order valence-electron chi connectivity index (χ3n) is 2.83. The molecule has 1 unspecified atom stereocenters. The van der Waals surface area contributed by atoms with Gasteiger partial charge in [-0.1, -0.05) is 18.2 Å². The van der Waals surface area contributed by atoms with Gasteiger partial charge in [-0.15, -0.1) is 0 Å². The molecule has 1 N–H and O–H groups in total. The van der Waals surface area contributed by atoms with Crippen LogP contribution < -0.4 is 5.32 Å². The molecule has 14 heavy (non-hydrogen) atoms. The zero-order chi connectivity index (χ0) is 9.97. The van der Waals surface area contributed by atoms with Gasteiger partial charge in [-0.05, 0) is 30.5 Å². The maximum absolute atomic E-state index is 3.45. The van der Waals surface area contributed by atoms with Gasteiger partial charge in [0.2, 0.25) is 0 Å². The van der Waals surface area contributed by atoms with Crippen LogP contribution in [0.1, 0.15) is 21.9 Å². The van der Waals surface area contributed by atoms with E-state index in [1.165, 1.54) is 22.4 Å². The Morgan fingerprint density at radius 2 is 2.14 bits per heavy atom. The van der Waals surface area contributed by atoms with Crippen molar-refractivity contribution in [1.29, 1.82) is 0 Å². The highest BCUT2D eigenvalue weighted by Gasteiger charge is 2.15. The molecule has 0 bridgehead atoms. The fourth-order valence-corrected chi connectivity index (χ4v) is 2.87. The topological polar surface area (TPSA) is 12.0 Å². The van der Waals surface area contributed by atoms with Gasteiger partial charge in [0.25, 0.3) is 0 Å². The second-order valence-electron chi connectivity index (χ2n) is 3.91. The van der Waals surface area contributed by atoms with Crippen molar-refractivity contribution in [2.45, 2.75) is 19.1 Å². The largest absolute Gasteiger partial charge is 0.314 e. The molecular weight excluding hydrogens is 190 g/mol. The van der Waals surface area contributed by atoms with Gasteiger partial charge in [0.1, 0.15) is 0 Å². The van der Waals surface area contributed by atoms with Gasteiger partial charge in [0.05, 0.1) is 0 Å². The summed E-state index contributed by atoms with van der Waals surface area (Å²) in [6.45, 7) is 6.64. The Morgan fingerprint density at radius 3 is 2.79 bits per heavy atom. The lowest BCUT2D eigenvalue weighted by molar-refractivity contribution is 0.689. The minimum Gasteiger partial charge on any atom is -0.314 e. The van der Waals surface area contributed by atoms with E-state index in [0.717, 1.165) is 13.1 Å². The van der Waals surface area contributed by atoms with Crippen LogP contribution in [0, 0.1) is 13.8 Å². The van der Waals surface area contributed by atoms with Gasteiger partial charge < -0.3 is 5.32 Å². The van der Waals surface area contributed by atoms with E-state index in [-0.39, 0.29) is 0 Å². The molecule has 1 aromatic rings. The van der Waals surface area contributed by atoms with Crippen LogP contribution in [0.2, 0.25) is 0 Å². The minimum absolute atomic E-state index is 0.656. The number of benzene rings is 1. The van der Waals surface area contributed by atoms with Crippen LogP contribution in [0.3, 0.4) is 0 Å². The van der Waals surface area contributed by atoms with Crippen molar-refractivity contribution in [3.8, 4) is 0 Å². The van der Waals surface area contributed by atoms with Crippen molar-refractivity contribution in [3.05, 3.63) is 34.9 Å². The molecule has 0 amide bonds. The normalized spacial score (nSPS) is 22.3. The monoisotopic (exact) mass is 207 g/mol. The van der Waals surface area contributed by atoms with Crippen molar-refractivity contribution >= 4 is 11.8 Å². The van der Waals surface area contributed by atoms with Crippen LogP contribution in [-0.4, -0.2) is 18.8 Å². The van der Waals surface area contributed by atoms with Crippen molar-refractivity contribution in [1.82, 2.24) is 5.32 Å². The standard InChI is InChI=1S/C12H17NS/c1-9-3-4-11(7-10(9)2)12-8-13-5-6-14-12/h3-4,7,12-13H,5-6,8H2,1-2H3. The molecule has 0 radical (unpaired) electrons. The van der Waals surface area contributed by atoms with E-state index in [0.29, 0.717) is 5.25 Å². The van der Waals surface area contributed by atoms with E-state index in [4.69, 9.17) is 0 Å². The zero-order valence-electron chi connectivity index (χ0n) is 8.84. The lowest BCUT2D eigenvalue weighted by atomic mass is 10.0. The van der Waals surface area contributed by atoms with Gasteiger partial charge >= 0.3 is 0 Å². The van der Waals surface area contributed by atoms with E-state index in [9.17, 15) is 0 Å². The molecule has 0 aliphatic carbocycles. The fraction of sp³-hybridized carbons (Fsp3) is 0.500. The summed E-state index contributed by atoms with van der Waals surface area (Å²) in [4.78, 5) is 0. The molecule has 0 saturated carbocycles. The predicted molar refractivity (Wildman–Crippen MR) is 64.0 cm³/mol. The summed E-state index contributed by atoms with van der Waals surface area (Å²) in [5.41, 5.74) is 4.28. The molecule has 1 aromatic carbocycles. The van der Waals surface area contributed by atoms with Crippen molar-refractivity contribution in [2.75, 3.05) is 18.8 Å². The van der Waals surface area contributed by atoms with E-state index in [2.05, 4.69) is 49.1 Å². The summed E-state index contributed by atoms with van der Waals surface area (Å²) in [6, 6.07) is 6.84. The Bertz CT molecular complexity index is 316. The minimum atomic E-state index is 0.656. The van der Waals surface area contributed by atoms with Crippen LogP contribution in [0.25, 0.3) is 0 Å². The summed E-state index contributed by atoms with van der Waals surface area (Å²) >= 11 is 2.07. The third kappa shape index (κ3) is 2.12. The van der Waals surface area contributed by atoms with E-state index >= 15 is 0 Å². The van der Waals surface area contributed by atoms with Crippen molar-refractivity contribution in [2.24, 2.45) is 0 Å². The summed E-state index contributed by atoms with van der Waals surface area (Å²) < 4.78 is 0. The maximum Gasteiger partial charge on any atom is 0.0422 e. The molecule has 1 nitrogen and oxygen atoms in total. The SMILES string of the molecule is Cc1ccc(C2CNCCS2)cc1C. The second kappa shape index (κ2) is 4.37. The average molecular weight is 207 g/mol. The van der Waals surface area contributed by atoms with Gasteiger partial charge in [-0.3, -0.25) is 0 Å². The van der Waals surface area contributed by atoms with Gasteiger partial charge in [-0.25, -0.2) is 0 Å². The van der Waals surface area contributed by atoms with Crippen LogP contribution in [0.15, 0.2) is 18.2 Å². The highest BCUT2D eigenvalue weighted by atomic mass is 32.2. The first-order valence-corrected chi connectivity index (χ1v) is 6.22. The van der Waals surface area contributed by atoms with Crippen LogP contribution in [0.5, 0.6) is 0 Å². The Morgan fingerprint density at radius 1 is 1.29 bits per heavy atom. The van der Waals surface area contributed by atoms with Gasteiger partial charge in [0.15, 0.2) is 0 Å². The predicted octanol–water partition coefficient (Wildman–Crippen LogP) is 2.68. The molecule has 76 valence electrons. The first-order valence-electron chi connectivity index (χ1n) is 5.17. The van der Waals surface area contributed by atoms with Crippen LogP contribution >= 0.6 is 11.8 Å². The Hall–Kier alpha value is -0.470. The molecular formula is C12H17NS. The quantitative estimate of drug-likeness (QED) is 0.760. The molecule has 1 aliphatic heterocycles. The maximum atomic E-state index is 3.45. The molecule has 1 aliphatic rings. The summed E-state index contributed by atoms with van der Waals surface area (Å²) in [5.74, 6) is 1.23. The fourth-order valence-electron chi connectivity index (χ4n) is 1.74. The molecule has 0 spiro atoms. The molecule has 2 rings (SSSR count). The van der Waals surface area contributed by atoms with Gasteiger partial charge in [-0.2, -0.15) is 11.8 Å². The van der Waals surface area contributed by atoms with E-state index in [1.54, 1.807) is 0 Å². The molecule has 1 saturated heterocycles. The van der Waals surface area contributed by atoms with Crippen molar-refractivity contribution < 1.29 is 0 Å². The third-order valence-corrected chi connectivity index (χ3v) is 4.11. The summed E-state index contributed by atoms with van der Waals surface area (Å²) in [5, 5.41) is 4.10.